The van der Waals surface area contributed by atoms with Gasteiger partial charge in [-0.25, -0.2) is 8.42 Å². The number of piperidine rings is 1. The van der Waals surface area contributed by atoms with E-state index in [1.54, 1.807) is 36.3 Å². The fourth-order valence-electron chi connectivity index (χ4n) is 2.79. The number of anilines is 1. The molecule has 0 aliphatic carbocycles. The molecule has 0 unspecified atom stereocenters. The predicted molar refractivity (Wildman–Crippen MR) is 90.2 cm³/mol. The summed E-state index contributed by atoms with van der Waals surface area (Å²) in [7, 11) is -1.99. The Morgan fingerprint density at radius 2 is 2.00 bits per heavy atom. The van der Waals surface area contributed by atoms with Gasteiger partial charge < -0.3 is 9.64 Å². The monoisotopic (exact) mass is 340 g/mol. The largest absolute Gasteiger partial charge is 0.497 e. The van der Waals surface area contributed by atoms with Crippen LogP contribution in [0.4, 0.5) is 5.69 Å². The second-order valence-electron chi connectivity index (χ2n) is 6.05. The van der Waals surface area contributed by atoms with Gasteiger partial charge in [-0.05, 0) is 43.0 Å². The normalized spacial score (nSPS) is 18.6. The summed E-state index contributed by atoms with van der Waals surface area (Å²) in [5.74, 6) is 0.941. The van der Waals surface area contributed by atoms with Crippen molar-refractivity contribution in [1.82, 2.24) is 4.90 Å². The Morgan fingerprint density at radius 3 is 2.52 bits per heavy atom. The summed E-state index contributed by atoms with van der Waals surface area (Å²) >= 11 is 0. The average Bonchev–Trinajstić information content (AvgIpc) is 2.51. The van der Waals surface area contributed by atoms with E-state index in [0.29, 0.717) is 30.4 Å². The van der Waals surface area contributed by atoms with Crippen LogP contribution < -0.4 is 9.04 Å². The van der Waals surface area contributed by atoms with Gasteiger partial charge in [-0.1, -0.05) is 6.92 Å². The minimum atomic E-state index is -3.54. The van der Waals surface area contributed by atoms with Gasteiger partial charge in [0.25, 0.3) is 0 Å². The van der Waals surface area contributed by atoms with Crippen LogP contribution in [-0.4, -0.2) is 52.2 Å². The second kappa shape index (κ2) is 7.21. The summed E-state index contributed by atoms with van der Waals surface area (Å²) in [5.41, 5.74) is 0.465. The Morgan fingerprint density at radius 1 is 1.35 bits per heavy atom. The van der Waals surface area contributed by atoms with Crippen LogP contribution in [0.3, 0.4) is 0 Å². The van der Waals surface area contributed by atoms with E-state index >= 15 is 0 Å². The van der Waals surface area contributed by atoms with Gasteiger partial charge in [0.1, 0.15) is 12.3 Å². The number of amides is 1. The van der Waals surface area contributed by atoms with Gasteiger partial charge in [0.2, 0.25) is 15.9 Å². The first-order chi connectivity index (χ1) is 10.8. The van der Waals surface area contributed by atoms with E-state index in [4.69, 9.17) is 4.74 Å². The molecule has 23 heavy (non-hydrogen) atoms. The molecular formula is C16H24N2O4S. The molecule has 128 valence electrons. The molecule has 0 bridgehead atoms. The number of methoxy groups -OCH3 is 1. The van der Waals surface area contributed by atoms with Crippen LogP contribution in [0.1, 0.15) is 19.8 Å². The molecule has 1 atom stereocenters. The second-order valence-corrected chi connectivity index (χ2v) is 7.96. The molecule has 1 aliphatic rings. The zero-order chi connectivity index (χ0) is 17.0. The summed E-state index contributed by atoms with van der Waals surface area (Å²) < 4.78 is 30.4. The molecule has 1 aromatic carbocycles. The standard InChI is InChI=1S/C16H24N2O4S/c1-13-5-4-10-17(11-13)16(19)12-18(23(3,20)21)14-6-8-15(22-2)9-7-14/h6-9,13H,4-5,10-12H2,1-3H3/t13-/m0/s1. The highest BCUT2D eigenvalue weighted by Gasteiger charge is 2.26. The summed E-state index contributed by atoms with van der Waals surface area (Å²) in [5, 5.41) is 0. The van der Waals surface area contributed by atoms with E-state index in [0.717, 1.165) is 23.4 Å². The Bertz CT molecular complexity index is 643. The first-order valence-corrected chi connectivity index (χ1v) is 9.55. The van der Waals surface area contributed by atoms with E-state index in [9.17, 15) is 13.2 Å². The molecule has 0 saturated carbocycles. The fraction of sp³-hybridized carbons (Fsp3) is 0.562. The molecule has 7 heteroatoms. The third kappa shape index (κ3) is 4.60. The van der Waals surface area contributed by atoms with Gasteiger partial charge in [0.05, 0.1) is 19.1 Å². The first kappa shape index (κ1) is 17.6. The molecular weight excluding hydrogens is 316 g/mol. The lowest BCUT2D eigenvalue weighted by molar-refractivity contribution is -0.131. The van der Waals surface area contributed by atoms with Crippen LogP contribution in [0.5, 0.6) is 5.75 Å². The van der Waals surface area contributed by atoms with E-state index in [1.165, 1.54) is 0 Å². The Kier molecular flexibility index (Phi) is 5.51. The van der Waals surface area contributed by atoms with Crippen molar-refractivity contribution in [2.75, 3.05) is 37.3 Å². The number of hydrogen-bond acceptors (Lipinski definition) is 4. The van der Waals surface area contributed by atoms with Gasteiger partial charge in [-0.3, -0.25) is 9.10 Å². The number of ether oxygens (including phenoxy) is 1. The molecule has 0 spiro atoms. The van der Waals surface area contributed by atoms with Gasteiger partial charge in [0.15, 0.2) is 0 Å². The predicted octanol–water partition coefficient (Wildman–Crippen LogP) is 1.72. The van der Waals surface area contributed by atoms with Gasteiger partial charge in [-0.2, -0.15) is 0 Å². The zero-order valence-corrected chi connectivity index (χ0v) is 14.7. The SMILES string of the molecule is COc1ccc(N(CC(=O)N2CCC[C@H](C)C2)S(C)(=O)=O)cc1. The molecule has 1 fully saturated rings. The minimum Gasteiger partial charge on any atom is -0.497 e. The molecule has 1 amide bonds. The quantitative estimate of drug-likeness (QED) is 0.818. The van der Waals surface area contributed by atoms with Crippen LogP contribution in [0.15, 0.2) is 24.3 Å². The van der Waals surface area contributed by atoms with Crippen LogP contribution in [0.25, 0.3) is 0 Å². The Hall–Kier alpha value is -1.76. The lowest BCUT2D eigenvalue weighted by Crippen LogP contribution is -2.46. The maximum atomic E-state index is 12.5. The number of likely N-dealkylation sites (tertiary alicyclic amines) is 1. The summed E-state index contributed by atoms with van der Waals surface area (Å²) in [6, 6.07) is 6.65. The van der Waals surface area contributed by atoms with Crippen molar-refractivity contribution in [1.29, 1.82) is 0 Å². The van der Waals surface area contributed by atoms with E-state index in [1.807, 2.05) is 0 Å². The van der Waals surface area contributed by atoms with E-state index in [2.05, 4.69) is 6.92 Å². The highest BCUT2D eigenvalue weighted by molar-refractivity contribution is 7.92. The number of sulfonamides is 1. The highest BCUT2D eigenvalue weighted by atomic mass is 32.2. The molecule has 1 aromatic rings. The van der Waals surface area contributed by atoms with Crippen LogP contribution in [0.2, 0.25) is 0 Å². The van der Waals surface area contributed by atoms with E-state index < -0.39 is 10.0 Å². The fourth-order valence-corrected chi connectivity index (χ4v) is 3.64. The smallest absolute Gasteiger partial charge is 0.243 e. The third-order valence-corrected chi connectivity index (χ3v) is 5.19. The number of nitrogens with zero attached hydrogens (tertiary/aromatic N) is 2. The number of hydrogen-bond donors (Lipinski definition) is 0. The lowest BCUT2D eigenvalue weighted by Gasteiger charge is -2.33. The highest BCUT2D eigenvalue weighted by Crippen LogP contribution is 2.22. The van der Waals surface area contributed by atoms with Crippen LogP contribution in [-0.2, 0) is 14.8 Å². The topological polar surface area (TPSA) is 66.9 Å². The molecule has 0 aromatic heterocycles. The van der Waals surface area contributed by atoms with Crippen molar-refractivity contribution < 1.29 is 17.9 Å². The van der Waals surface area contributed by atoms with Crippen LogP contribution in [0, 0.1) is 5.92 Å². The zero-order valence-electron chi connectivity index (χ0n) is 13.9. The number of carbonyl (C=O) groups is 1. The number of rotatable bonds is 5. The summed E-state index contributed by atoms with van der Waals surface area (Å²) in [4.78, 5) is 14.3. The third-order valence-electron chi connectivity index (χ3n) is 4.05. The molecule has 1 aliphatic heterocycles. The van der Waals surface area contributed by atoms with Crippen molar-refractivity contribution in [3.63, 3.8) is 0 Å². The van der Waals surface area contributed by atoms with Crippen molar-refractivity contribution >= 4 is 21.6 Å². The maximum Gasteiger partial charge on any atom is 0.243 e. The van der Waals surface area contributed by atoms with Crippen LogP contribution >= 0.6 is 0 Å². The molecule has 6 nitrogen and oxygen atoms in total. The van der Waals surface area contributed by atoms with Crippen molar-refractivity contribution in [2.24, 2.45) is 5.92 Å². The van der Waals surface area contributed by atoms with Crippen molar-refractivity contribution in [2.45, 2.75) is 19.8 Å². The Balaban J connectivity index is 2.17. The van der Waals surface area contributed by atoms with Gasteiger partial charge in [-0.15, -0.1) is 0 Å². The lowest BCUT2D eigenvalue weighted by atomic mass is 10.0. The number of benzene rings is 1. The van der Waals surface area contributed by atoms with E-state index in [-0.39, 0.29) is 12.5 Å². The molecule has 0 radical (unpaired) electrons. The molecule has 1 saturated heterocycles. The van der Waals surface area contributed by atoms with Gasteiger partial charge >= 0.3 is 0 Å². The average molecular weight is 340 g/mol. The summed E-state index contributed by atoms with van der Waals surface area (Å²) in [6.07, 6.45) is 3.19. The Labute approximate surface area is 138 Å². The maximum absolute atomic E-state index is 12.5. The minimum absolute atomic E-state index is 0.155. The molecule has 2 rings (SSSR count). The summed E-state index contributed by atoms with van der Waals surface area (Å²) in [6.45, 7) is 3.33. The van der Waals surface area contributed by atoms with Crippen molar-refractivity contribution in [3.8, 4) is 5.75 Å². The van der Waals surface area contributed by atoms with Crippen molar-refractivity contribution in [3.05, 3.63) is 24.3 Å². The molecule has 1 heterocycles. The molecule has 0 N–H and O–H groups in total. The number of carbonyl (C=O) groups excluding carboxylic acids is 1. The van der Waals surface area contributed by atoms with Gasteiger partial charge in [0, 0.05) is 13.1 Å². The first-order valence-electron chi connectivity index (χ1n) is 7.71.